The third kappa shape index (κ3) is 2.49. The summed E-state index contributed by atoms with van der Waals surface area (Å²) in [6.07, 6.45) is 2.72. The highest BCUT2D eigenvalue weighted by atomic mass is 35.5. The Morgan fingerprint density at radius 2 is 2.24 bits per heavy atom. The first-order chi connectivity index (χ1) is 8.20. The zero-order chi connectivity index (χ0) is 12.3. The van der Waals surface area contributed by atoms with Crippen LogP contribution in [0.4, 0.5) is 4.39 Å². The van der Waals surface area contributed by atoms with E-state index in [1.165, 1.54) is 12.4 Å². The lowest BCUT2D eigenvalue weighted by Gasteiger charge is -2.05. The average Bonchev–Trinajstić information content (AvgIpc) is 2.34. The molecule has 2 aromatic heterocycles. The van der Waals surface area contributed by atoms with Crippen LogP contribution in [0, 0.1) is 17.1 Å². The van der Waals surface area contributed by atoms with Gasteiger partial charge in [0.25, 0.3) is 0 Å². The number of pyridine rings is 2. The van der Waals surface area contributed by atoms with Gasteiger partial charge in [0.1, 0.15) is 11.6 Å². The minimum absolute atomic E-state index is 0.0959. The molecule has 2 heterocycles. The predicted octanol–water partition coefficient (Wildman–Crippen LogP) is 2.93. The van der Waals surface area contributed by atoms with Gasteiger partial charge >= 0.3 is 0 Å². The fourth-order valence-corrected chi connectivity index (χ4v) is 1.23. The van der Waals surface area contributed by atoms with Gasteiger partial charge in [0.15, 0.2) is 16.7 Å². The van der Waals surface area contributed by atoms with Crippen molar-refractivity contribution in [1.29, 1.82) is 5.26 Å². The first kappa shape index (κ1) is 11.3. The molecule has 0 unspecified atom stereocenters. The Morgan fingerprint density at radius 1 is 1.41 bits per heavy atom. The Morgan fingerprint density at radius 3 is 2.94 bits per heavy atom. The maximum absolute atomic E-state index is 13.1. The Kier molecular flexibility index (Phi) is 3.17. The lowest BCUT2D eigenvalue weighted by Crippen LogP contribution is -1.93. The monoisotopic (exact) mass is 249 g/mol. The maximum Gasteiger partial charge on any atom is 0.237 e. The number of rotatable bonds is 2. The second-order valence-electron chi connectivity index (χ2n) is 3.01. The van der Waals surface area contributed by atoms with Crippen molar-refractivity contribution in [3.8, 4) is 17.7 Å². The minimum atomic E-state index is -0.696. The van der Waals surface area contributed by atoms with E-state index in [1.807, 2.05) is 6.07 Å². The minimum Gasteiger partial charge on any atom is -0.436 e. The zero-order valence-electron chi connectivity index (χ0n) is 8.39. The number of nitriles is 1. The van der Waals surface area contributed by atoms with Crippen LogP contribution in [0.3, 0.4) is 0 Å². The van der Waals surface area contributed by atoms with Crippen LogP contribution in [-0.2, 0) is 0 Å². The molecule has 0 spiro atoms. The van der Waals surface area contributed by atoms with Crippen molar-refractivity contribution in [2.75, 3.05) is 0 Å². The first-order valence-electron chi connectivity index (χ1n) is 4.54. The maximum atomic E-state index is 13.1. The molecular weight excluding hydrogens is 245 g/mol. The molecule has 2 aromatic rings. The number of hydrogen-bond acceptors (Lipinski definition) is 4. The first-order valence-corrected chi connectivity index (χ1v) is 4.92. The van der Waals surface area contributed by atoms with Crippen LogP contribution < -0.4 is 4.74 Å². The van der Waals surface area contributed by atoms with E-state index in [9.17, 15) is 4.39 Å². The van der Waals surface area contributed by atoms with E-state index in [4.69, 9.17) is 21.6 Å². The molecule has 0 saturated heterocycles. The predicted molar refractivity (Wildman–Crippen MR) is 58.2 cm³/mol. The van der Waals surface area contributed by atoms with Crippen molar-refractivity contribution >= 4 is 11.6 Å². The van der Waals surface area contributed by atoms with Crippen molar-refractivity contribution in [3.05, 3.63) is 47.1 Å². The summed E-state index contributed by atoms with van der Waals surface area (Å²) < 4.78 is 18.3. The highest BCUT2D eigenvalue weighted by Crippen LogP contribution is 2.24. The van der Waals surface area contributed by atoms with Crippen LogP contribution in [0.1, 0.15) is 5.56 Å². The van der Waals surface area contributed by atoms with Crippen LogP contribution in [0.15, 0.2) is 30.6 Å². The number of halogens is 2. The Balaban J connectivity index is 2.32. The van der Waals surface area contributed by atoms with Crippen LogP contribution in [0.2, 0.25) is 5.15 Å². The third-order valence-corrected chi connectivity index (χ3v) is 2.16. The molecule has 0 atom stereocenters. The molecule has 0 amide bonds. The number of nitrogens with zero attached hydrogens (tertiary/aromatic N) is 3. The van der Waals surface area contributed by atoms with E-state index in [0.29, 0.717) is 0 Å². The number of aromatic nitrogens is 2. The van der Waals surface area contributed by atoms with Gasteiger partial charge < -0.3 is 4.74 Å². The van der Waals surface area contributed by atoms with E-state index in [1.54, 1.807) is 12.1 Å². The third-order valence-electron chi connectivity index (χ3n) is 1.88. The Hall–Kier alpha value is -2.19. The molecule has 0 aliphatic rings. The highest BCUT2D eigenvalue weighted by molar-refractivity contribution is 6.29. The van der Waals surface area contributed by atoms with Crippen molar-refractivity contribution in [1.82, 2.24) is 9.97 Å². The standard InChI is InChI=1S/C11H5ClFN3O/c12-10-9(13)4-8(6-16-10)17-11-7(5-14)2-1-3-15-11/h1-4,6H. The van der Waals surface area contributed by atoms with Gasteiger partial charge in [-0.05, 0) is 12.1 Å². The quantitative estimate of drug-likeness (QED) is 0.768. The highest BCUT2D eigenvalue weighted by Gasteiger charge is 2.08. The zero-order valence-corrected chi connectivity index (χ0v) is 9.15. The second-order valence-corrected chi connectivity index (χ2v) is 3.37. The van der Waals surface area contributed by atoms with Crippen molar-refractivity contribution in [2.24, 2.45) is 0 Å². The normalized spacial score (nSPS) is 9.71. The van der Waals surface area contributed by atoms with Crippen molar-refractivity contribution < 1.29 is 9.13 Å². The van der Waals surface area contributed by atoms with Gasteiger partial charge in [-0.15, -0.1) is 0 Å². The lowest BCUT2D eigenvalue weighted by molar-refractivity contribution is 0.453. The molecule has 0 aliphatic heterocycles. The Bertz CT molecular complexity index is 598. The summed E-state index contributed by atoms with van der Waals surface area (Å²) in [6, 6.07) is 6.14. The summed E-state index contributed by atoms with van der Waals surface area (Å²) in [6.45, 7) is 0. The van der Waals surface area contributed by atoms with E-state index >= 15 is 0 Å². The van der Waals surface area contributed by atoms with Gasteiger partial charge in [-0.2, -0.15) is 5.26 Å². The van der Waals surface area contributed by atoms with E-state index in [0.717, 1.165) is 6.07 Å². The summed E-state index contributed by atoms with van der Waals surface area (Å²) in [7, 11) is 0. The molecule has 0 aliphatic carbocycles. The topological polar surface area (TPSA) is 58.8 Å². The lowest BCUT2D eigenvalue weighted by atomic mass is 10.3. The molecule has 17 heavy (non-hydrogen) atoms. The fraction of sp³-hybridized carbons (Fsp3) is 0. The van der Waals surface area contributed by atoms with E-state index < -0.39 is 5.82 Å². The molecule has 0 aromatic carbocycles. The number of hydrogen-bond donors (Lipinski definition) is 0. The largest absolute Gasteiger partial charge is 0.436 e. The SMILES string of the molecule is N#Cc1cccnc1Oc1cnc(Cl)c(F)c1. The van der Waals surface area contributed by atoms with Gasteiger partial charge in [-0.1, -0.05) is 11.6 Å². The summed E-state index contributed by atoms with van der Waals surface area (Å²) in [5, 5.41) is 8.58. The fourth-order valence-electron chi connectivity index (χ4n) is 1.13. The molecule has 4 nitrogen and oxygen atoms in total. The van der Waals surface area contributed by atoms with Crippen LogP contribution >= 0.6 is 11.6 Å². The van der Waals surface area contributed by atoms with Gasteiger partial charge in [0, 0.05) is 12.3 Å². The van der Waals surface area contributed by atoms with Gasteiger partial charge in [-0.25, -0.2) is 14.4 Å². The average molecular weight is 250 g/mol. The molecule has 2 rings (SSSR count). The van der Waals surface area contributed by atoms with Crippen molar-refractivity contribution in [3.63, 3.8) is 0 Å². The molecule has 6 heteroatoms. The van der Waals surface area contributed by atoms with Crippen molar-refractivity contribution in [2.45, 2.75) is 0 Å². The van der Waals surface area contributed by atoms with Crippen LogP contribution in [-0.4, -0.2) is 9.97 Å². The van der Waals surface area contributed by atoms with Crippen LogP contribution in [0.5, 0.6) is 11.6 Å². The van der Waals surface area contributed by atoms with Gasteiger partial charge in [-0.3, -0.25) is 0 Å². The van der Waals surface area contributed by atoms with Crippen LogP contribution in [0.25, 0.3) is 0 Å². The smallest absolute Gasteiger partial charge is 0.237 e. The van der Waals surface area contributed by atoms with Gasteiger partial charge in [0.05, 0.1) is 6.20 Å². The summed E-state index contributed by atoms with van der Waals surface area (Å²) in [5.74, 6) is -0.473. The molecule has 0 fully saturated rings. The van der Waals surface area contributed by atoms with E-state index in [2.05, 4.69) is 9.97 Å². The molecular formula is C11H5ClFN3O. The number of ether oxygens (including phenoxy) is 1. The molecule has 84 valence electrons. The summed E-state index contributed by atoms with van der Waals surface area (Å²) in [4.78, 5) is 7.45. The Labute approximate surface area is 101 Å². The second kappa shape index (κ2) is 4.76. The van der Waals surface area contributed by atoms with Gasteiger partial charge in [0.2, 0.25) is 5.88 Å². The summed E-state index contributed by atoms with van der Waals surface area (Å²) in [5.41, 5.74) is 0.253. The summed E-state index contributed by atoms with van der Waals surface area (Å²) >= 11 is 5.43. The van der Waals surface area contributed by atoms with E-state index in [-0.39, 0.29) is 22.3 Å². The molecule has 0 radical (unpaired) electrons. The molecule has 0 bridgehead atoms. The molecule has 0 saturated carbocycles. The molecule has 0 N–H and O–H groups in total.